The van der Waals surface area contributed by atoms with E-state index in [4.69, 9.17) is 0 Å². The molecule has 6 nitrogen and oxygen atoms in total. The summed E-state index contributed by atoms with van der Waals surface area (Å²) in [5.74, 6) is -1.73. The molecule has 1 aromatic heterocycles. The minimum Gasteiger partial charge on any atom is -0.480 e. The highest BCUT2D eigenvalue weighted by atomic mass is 16.4. The van der Waals surface area contributed by atoms with Gasteiger partial charge in [0, 0.05) is 18.7 Å². The summed E-state index contributed by atoms with van der Waals surface area (Å²) in [7, 11) is 0. The van der Waals surface area contributed by atoms with E-state index in [1.807, 2.05) is 30.3 Å². The Labute approximate surface area is 170 Å². The zero-order chi connectivity index (χ0) is 20.8. The van der Waals surface area contributed by atoms with E-state index in [1.165, 1.54) is 0 Å². The smallest absolute Gasteiger partial charge is 0.326 e. The Bertz CT molecular complexity index is 934. The first-order valence-electron chi connectivity index (χ1n) is 10.3. The number of carboxylic acid groups (broad SMARTS) is 1. The fraction of sp³-hybridized carbons (Fsp3) is 0.435. The number of hydrogen-bond donors (Lipinski definition) is 2. The van der Waals surface area contributed by atoms with Crippen LogP contribution < -0.4 is 10.9 Å². The third-order valence-corrected chi connectivity index (χ3v) is 5.47. The SMILES string of the molecule is CCCCn1c2c(cc(C(=O)N[C@@H](Cc3ccccc3)C(=O)O)c1=O)CCCC2. The van der Waals surface area contributed by atoms with Gasteiger partial charge in [-0.25, -0.2) is 4.79 Å². The van der Waals surface area contributed by atoms with E-state index in [9.17, 15) is 19.5 Å². The van der Waals surface area contributed by atoms with Crippen LogP contribution in [0.1, 0.15) is 59.8 Å². The summed E-state index contributed by atoms with van der Waals surface area (Å²) in [6.07, 6.45) is 5.75. The number of nitrogens with zero attached hydrogens (tertiary/aromatic N) is 1. The molecule has 3 rings (SSSR count). The van der Waals surface area contributed by atoms with Crippen LogP contribution in [0.4, 0.5) is 0 Å². The number of benzene rings is 1. The zero-order valence-electron chi connectivity index (χ0n) is 16.8. The Morgan fingerprint density at radius 3 is 2.59 bits per heavy atom. The molecular weight excluding hydrogens is 368 g/mol. The van der Waals surface area contributed by atoms with Crippen molar-refractivity contribution >= 4 is 11.9 Å². The van der Waals surface area contributed by atoms with Crippen LogP contribution in [-0.4, -0.2) is 27.6 Å². The number of unbranched alkanes of at least 4 members (excludes halogenated alkanes) is 1. The standard InChI is InChI=1S/C23H28N2O4/c1-2-3-13-25-20-12-8-7-11-17(20)15-18(22(25)27)21(26)24-19(23(28)29)14-16-9-5-4-6-10-16/h4-6,9-10,15,19H,2-3,7-8,11-14H2,1H3,(H,24,26)(H,28,29)/t19-/m0/s1. The van der Waals surface area contributed by atoms with Crippen LogP contribution in [0, 0.1) is 0 Å². The Balaban J connectivity index is 1.89. The molecule has 2 N–H and O–H groups in total. The second-order valence-corrected chi connectivity index (χ2v) is 7.60. The topological polar surface area (TPSA) is 88.4 Å². The molecule has 6 heteroatoms. The van der Waals surface area contributed by atoms with E-state index >= 15 is 0 Å². The first kappa shape index (κ1) is 20.8. The first-order chi connectivity index (χ1) is 14.0. The molecule has 0 bridgehead atoms. The number of carbonyl (C=O) groups excluding carboxylic acids is 1. The minimum absolute atomic E-state index is 0.0427. The van der Waals surface area contributed by atoms with Gasteiger partial charge in [0.1, 0.15) is 11.6 Å². The van der Waals surface area contributed by atoms with Crippen molar-refractivity contribution in [3.63, 3.8) is 0 Å². The van der Waals surface area contributed by atoms with E-state index in [2.05, 4.69) is 12.2 Å². The summed E-state index contributed by atoms with van der Waals surface area (Å²) in [4.78, 5) is 37.6. The van der Waals surface area contributed by atoms with Crippen LogP contribution in [0.15, 0.2) is 41.2 Å². The lowest BCUT2D eigenvalue weighted by molar-refractivity contribution is -0.139. The molecule has 0 spiro atoms. The number of aliphatic carboxylic acids is 1. The Kier molecular flexibility index (Phi) is 6.86. The van der Waals surface area contributed by atoms with Crippen LogP contribution in [0.3, 0.4) is 0 Å². The lowest BCUT2D eigenvalue weighted by atomic mass is 9.94. The zero-order valence-corrected chi connectivity index (χ0v) is 16.8. The van der Waals surface area contributed by atoms with Gasteiger partial charge in [0.25, 0.3) is 11.5 Å². The fourth-order valence-corrected chi connectivity index (χ4v) is 3.88. The molecule has 0 saturated heterocycles. The van der Waals surface area contributed by atoms with Crippen molar-refractivity contribution < 1.29 is 14.7 Å². The minimum atomic E-state index is -1.12. The van der Waals surface area contributed by atoms with Crippen molar-refractivity contribution in [3.05, 3.63) is 69.1 Å². The van der Waals surface area contributed by atoms with Crippen LogP contribution in [0.25, 0.3) is 0 Å². The highest BCUT2D eigenvalue weighted by Gasteiger charge is 2.25. The van der Waals surface area contributed by atoms with Crippen molar-refractivity contribution in [2.75, 3.05) is 0 Å². The predicted molar refractivity (Wildman–Crippen MR) is 111 cm³/mol. The summed E-state index contributed by atoms with van der Waals surface area (Å²) in [5, 5.41) is 12.1. The van der Waals surface area contributed by atoms with Gasteiger partial charge in [0.15, 0.2) is 0 Å². The average molecular weight is 396 g/mol. The number of carbonyl (C=O) groups is 2. The molecule has 0 saturated carbocycles. The first-order valence-corrected chi connectivity index (χ1v) is 10.3. The number of carboxylic acids is 1. The van der Waals surface area contributed by atoms with Gasteiger partial charge in [-0.05, 0) is 49.3 Å². The average Bonchev–Trinajstić information content (AvgIpc) is 2.73. The Morgan fingerprint density at radius 2 is 1.90 bits per heavy atom. The Morgan fingerprint density at radius 1 is 1.17 bits per heavy atom. The van der Waals surface area contributed by atoms with Crippen molar-refractivity contribution in [3.8, 4) is 0 Å². The largest absolute Gasteiger partial charge is 0.480 e. The van der Waals surface area contributed by atoms with Gasteiger partial charge in [-0.1, -0.05) is 43.7 Å². The number of pyridine rings is 1. The molecule has 1 atom stereocenters. The molecule has 0 radical (unpaired) electrons. The van der Waals surface area contributed by atoms with Crippen molar-refractivity contribution in [2.45, 2.75) is 64.5 Å². The molecule has 1 aromatic carbocycles. The summed E-state index contributed by atoms with van der Waals surface area (Å²) in [6.45, 7) is 2.65. The maximum Gasteiger partial charge on any atom is 0.326 e. The third-order valence-electron chi connectivity index (χ3n) is 5.47. The van der Waals surface area contributed by atoms with Gasteiger partial charge in [-0.3, -0.25) is 9.59 Å². The van der Waals surface area contributed by atoms with Gasteiger partial charge < -0.3 is 15.0 Å². The molecule has 154 valence electrons. The predicted octanol–water partition coefficient (Wildman–Crippen LogP) is 2.95. The van der Waals surface area contributed by atoms with Crippen LogP contribution in [-0.2, 0) is 30.6 Å². The maximum atomic E-state index is 13.1. The number of hydrogen-bond acceptors (Lipinski definition) is 3. The van der Waals surface area contributed by atoms with Gasteiger partial charge in [-0.15, -0.1) is 0 Å². The van der Waals surface area contributed by atoms with Gasteiger partial charge in [-0.2, -0.15) is 0 Å². The molecule has 0 aliphatic heterocycles. The quantitative estimate of drug-likeness (QED) is 0.718. The molecule has 0 unspecified atom stereocenters. The molecule has 2 aromatic rings. The van der Waals surface area contributed by atoms with E-state index in [1.54, 1.807) is 10.6 Å². The number of amides is 1. The second-order valence-electron chi connectivity index (χ2n) is 7.60. The van der Waals surface area contributed by atoms with E-state index in [-0.39, 0.29) is 17.5 Å². The number of fused-ring (bicyclic) bond motifs is 1. The van der Waals surface area contributed by atoms with Crippen molar-refractivity contribution in [2.24, 2.45) is 0 Å². The Hall–Kier alpha value is -2.89. The fourth-order valence-electron chi connectivity index (χ4n) is 3.88. The molecule has 29 heavy (non-hydrogen) atoms. The monoisotopic (exact) mass is 396 g/mol. The maximum absolute atomic E-state index is 13.1. The number of aryl methyl sites for hydroxylation is 1. The summed E-state index contributed by atoms with van der Waals surface area (Å²) < 4.78 is 1.74. The second kappa shape index (κ2) is 9.54. The van der Waals surface area contributed by atoms with Crippen molar-refractivity contribution in [1.82, 2.24) is 9.88 Å². The highest BCUT2D eigenvalue weighted by Crippen LogP contribution is 2.21. The normalized spacial score (nSPS) is 14.1. The lowest BCUT2D eigenvalue weighted by Crippen LogP contribution is -2.45. The molecule has 1 aliphatic rings. The van der Waals surface area contributed by atoms with Gasteiger partial charge in [0.2, 0.25) is 0 Å². The van der Waals surface area contributed by atoms with E-state index < -0.39 is 17.9 Å². The number of rotatable bonds is 8. The van der Waals surface area contributed by atoms with Crippen LogP contribution >= 0.6 is 0 Å². The van der Waals surface area contributed by atoms with E-state index in [0.717, 1.165) is 55.3 Å². The van der Waals surface area contributed by atoms with Gasteiger partial charge >= 0.3 is 5.97 Å². The number of nitrogens with one attached hydrogen (secondary N) is 1. The lowest BCUT2D eigenvalue weighted by Gasteiger charge is -2.23. The van der Waals surface area contributed by atoms with Crippen molar-refractivity contribution in [1.29, 1.82) is 0 Å². The molecular formula is C23H28N2O4. The summed E-state index contributed by atoms with van der Waals surface area (Å²) in [6, 6.07) is 9.72. The van der Waals surface area contributed by atoms with Gasteiger partial charge in [0.05, 0.1) is 0 Å². The summed E-state index contributed by atoms with van der Waals surface area (Å²) in [5.41, 5.74) is 2.60. The molecule has 1 aliphatic carbocycles. The van der Waals surface area contributed by atoms with E-state index in [0.29, 0.717) is 6.54 Å². The van der Waals surface area contributed by atoms with Crippen LogP contribution in [0.2, 0.25) is 0 Å². The highest BCUT2D eigenvalue weighted by molar-refractivity contribution is 5.96. The molecule has 0 fully saturated rings. The molecule has 1 amide bonds. The molecule has 1 heterocycles. The summed E-state index contributed by atoms with van der Waals surface area (Å²) >= 11 is 0. The van der Waals surface area contributed by atoms with Crippen LogP contribution in [0.5, 0.6) is 0 Å². The number of aromatic nitrogens is 1. The third kappa shape index (κ3) is 4.94.